The Hall–Kier alpha value is -0.423. The zero-order valence-electron chi connectivity index (χ0n) is 18.7. The lowest BCUT2D eigenvalue weighted by atomic mass is 10.0. The molecule has 1 aromatic rings. The third-order valence-electron chi connectivity index (χ3n) is 5.02. The summed E-state index contributed by atoms with van der Waals surface area (Å²) < 4.78 is 51.1. The van der Waals surface area contributed by atoms with Crippen molar-refractivity contribution in [2.75, 3.05) is 13.2 Å². The quantitative estimate of drug-likeness (QED) is 0.133. The minimum Gasteiger partial charge on any atom is -0.332 e. The first kappa shape index (κ1) is 26.8. The van der Waals surface area contributed by atoms with Crippen molar-refractivity contribution in [1.82, 2.24) is 9.88 Å². The molecule has 1 aromatic heterocycles. The number of nitrogens with zero attached hydrogens (tertiary/aromatic N) is 2. The highest BCUT2D eigenvalue weighted by Crippen LogP contribution is 2.58. The zero-order chi connectivity index (χ0) is 23.4. The molecule has 3 rings (SSSR count). The molecule has 2 saturated heterocycles. The average molecular weight is 588 g/mol. The fraction of sp³-hybridized carbons (Fsp3) is 0.700. The van der Waals surface area contributed by atoms with E-state index in [-0.39, 0.29) is 30.7 Å². The van der Waals surface area contributed by atoms with Crippen LogP contribution in [-0.4, -0.2) is 46.3 Å². The molecule has 1 unspecified atom stereocenters. The lowest BCUT2D eigenvalue weighted by Gasteiger charge is -2.39. The van der Waals surface area contributed by atoms with Gasteiger partial charge in [0.05, 0.1) is 19.3 Å². The van der Waals surface area contributed by atoms with Gasteiger partial charge in [0, 0.05) is 11.6 Å². The third kappa shape index (κ3) is 7.03. The lowest BCUT2D eigenvalue weighted by molar-refractivity contribution is -0.137. The van der Waals surface area contributed by atoms with Gasteiger partial charge in [-0.2, -0.15) is 13.8 Å². The van der Waals surface area contributed by atoms with E-state index in [1.165, 1.54) is 6.07 Å². The van der Waals surface area contributed by atoms with Gasteiger partial charge >= 0.3 is 7.60 Å². The van der Waals surface area contributed by atoms with Crippen LogP contribution in [-0.2, 0) is 18.4 Å². The van der Waals surface area contributed by atoms with Gasteiger partial charge in [0.15, 0.2) is 0 Å². The van der Waals surface area contributed by atoms with Crippen molar-refractivity contribution >= 4 is 40.9 Å². The van der Waals surface area contributed by atoms with E-state index >= 15 is 0 Å². The fourth-order valence-electron chi connectivity index (χ4n) is 3.99. The second-order valence-electron chi connectivity index (χ2n) is 8.54. The number of aromatic nitrogens is 1. The van der Waals surface area contributed by atoms with Gasteiger partial charge in [-0.15, -0.1) is 21.8 Å². The number of hydrogen-bond donors (Lipinski definition) is 0. The van der Waals surface area contributed by atoms with E-state index in [1.807, 2.05) is 0 Å². The Kier molecular flexibility index (Phi) is 9.63. The second kappa shape index (κ2) is 11.1. The van der Waals surface area contributed by atoms with Crippen LogP contribution in [0.25, 0.3) is 0 Å². The molecule has 3 atom stereocenters. The molecule has 2 aliphatic heterocycles. The summed E-state index contributed by atoms with van der Waals surface area (Å²) in [5.74, 6) is -2.16. The molecule has 0 aliphatic carbocycles. The second-order valence-corrected chi connectivity index (χ2v) is 24.6. The number of carbonyl (C=O) groups excluding carboxylic acids is 1. The van der Waals surface area contributed by atoms with Gasteiger partial charge in [0.25, 0.3) is 0 Å². The average Bonchev–Trinajstić information content (AvgIpc) is 3.05. The number of carbonyl (C=O) groups is 1. The number of amides is 1. The maximum Gasteiger partial charge on any atom is 0.343 e. The molecule has 3 heterocycles. The van der Waals surface area contributed by atoms with Crippen LogP contribution in [0.2, 0.25) is 19.6 Å². The molecule has 2 fully saturated rings. The molecule has 176 valence electrons. The highest BCUT2D eigenvalue weighted by atomic mass is 127. The maximum atomic E-state index is 14.2. The first-order chi connectivity index (χ1) is 14.4. The largest absolute Gasteiger partial charge is 0.343 e. The van der Waals surface area contributed by atoms with Gasteiger partial charge in [-0.1, -0.05) is 19.6 Å². The lowest BCUT2D eigenvalue weighted by Crippen LogP contribution is -2.48. The molecule has 0 aromatic carbocycles. The SMILES string of the molecule is CCOP(=O)(OCC)C1CC[C@H]2CC[C@@H](c3ccc(F)nc3F)N2C1=O.C[Si](C)(C)I. The highest BCUT2D eigenvalue weighted by molar-refractivity contribution is 14.1. The molecular formula is C20H32F2IN2O4PSi. The predicted octanol–water partition coefficient (Wildman–Crippen LogP) is 6.08. The molecule has 6 nitrogen and oxygen atoms in total. The van der Waals surface area contributed by atoms with Gasteiger partial charge < -0.3 is 13.9 Å². The minimum atomic E-state index is -3.60. The van der Waals surface area contributed by atoms with Crippen LogP contribution in [0.15, 0.2) is 12.1 Å². The molecule has 0 bridgehead atoms. The summed E-state index contributed by atoms with van der Waals surface area (Å²) in [7, 11) is -3.60. The van der Waals surface area contributed by atoms with Crippen molar-refractivity contribution in [3.05, 3.63) is 29.6 Å². The number of rotatable bonds is 6. The fourth-order valence-corrected chi connectivity index (χ4v) is 6.02. The predicted molar refractivity (Wildman–Crippen MR) is 128 cm³/mol. The van der Waals surface area contributed by atoms with E-state index < -0.39 is 36.8 Å². The van der Waals surface area contributed by atoms with Crippen LogP contribution in [0.4, 0.5) is 8.78 Å². The monoisotopic (exact) mass is 588 g/mol. The Labute approximate surface area is 197 Å². The van der Waals surface area contributed by atoms with Crippen LogP contribution in [0.3, 0.4) is 0 Å². The van der Waals surface area contributed by atoms with Crippen molar-refractivity contribution in [1.29, 1.82) is 0 Å². The van der Waals surface area contributed by atoms with E-state index in [2.05, 4.69) is 46.4 Å². The summed E-state index contributed by atoms with van der Waals surface area (Å²) in [6.07, 6.45) is 2.33. The zero-order valence-corrected chi connectivity index (χ0v) is 22.8. The third-order valence-corrected chi connectivity index (χ3v) is 7.50. The van der Waals surface area contributed by atoms with E-state index in [4.69, 9.17) is 9.05 Å². The molecule has 0 radical (unpaired) electrons. The topological polar surface area (TPSA) is 68.7 Å². The minimum absolute atomic E-state index is 0.0510. The van der Waals surface area contributed by atoms with Crippen LogP contribution in [0, 0.1) is 11.9 Å². The van der Waals surface area contributed by atoms with E-state index in [1.54, 1.807) is 18.7 Å². The number of halogens is 3. The highest BCUT2D eigenvalue weighted by Gasteiger charge is 2.51. The van der Waals surface area contributed by atoms with Crippen molar-refractivity contribution in [3.63, 3.8) is 0 Å². The Morgan fingerprint density at radius 1 is 1.13 bits per heavy atom. The van der Waals surface area contributed by atoms with Gasteiger partial charge in [0.2, 0.25) is 17.8 Å². The molecule has 11 heteroatoms. The smallest absolute Gasteiger partial charge is 0.332 e. The Bertz CT molecular complexity index is 811. The van der Waals surface area contributed by atoms with Crippen LogP contribution >= 0.6 is 29.4 Å². The summed E-state index contributed by atoms with van der Waals surface area (Å²) in [5, 5.41) is 0. The van der Waals surface area contributed by atoms with Crippen LogP contribution < -0.4 is 0 Å². The van der Waals surface area contributed by atoms with Crippen molar-refractivity contribution in [2.24, 2.45) is 0 Å². The summed E-state index contributed by atoms with van der Waals surface area (Å²) in [5.41, 5.74) is -1.35. The van der Waals surface area contributed by atoms with Gasteiger partial charge in [-0.05, 0) is 51.7 Å². The van der Waals surface area contributed by atoms with Crippen LogP contribution in [0.1, 0.15) is 51.1 Å². The summed E-state index contributed by atoms with van der Waals surface area (Å²) in [6, 6.07) is 1.82. The molecule has 31 heavy (non-hydrogen) atoms. The standard InChI is InChI=1S/C17H23F2N2O4P.C3H9ISi/c1-3-24-26(23,25-4-2)14-9-6-11-5-8-13(21(11)17(14)22)12-7-10-15(18)20-16(12)19;1-5(2,3)4/h7,10-11,13-14H,3-6,8-9H2,1-2H3;1-3H3/t11-,13+,14?;/m1./s1. The molecule has 1 amide bonds. The van der Waals surface area contributed by atoms with Crippen LogP contribution in [0.5, 0.6) is 0 Å². The van der Waals surface area contributed by atoms with E-state index in [0.717, 1.165) is 6.07 Å². The van der Waals surface area contributed by atoms with E-state index in [9.17, 15) is 18.1 Å². The van der Waals surface area contributed by atoms with Gasteiger partial charge in [0.1, 0.15) is 11.2 Å². The summed E-state index contributed by atoms with van der Waals surface area (Å²) in [4.78, 5) is 18.0. The number of pyridine rings is 1. The Morgan fingerprint density at radius 2 is 1.68 bits per heavy atom. The Morgan fingerprint density at radius 3 is 2.19 bits per heavy atom. The van der Waals surface area contributed by atoms with Crippen molar-refractivity contribution in [2.45, 2.75) is 76.9 Å². The normalized spacial score (nSPS) is 23.9. The maximum absolute atomic E-state index is 14.2. The molecule has 0 N–H and O–H groups in total. The van der Waals surface area contributed by atoms with Crippen molar-refractivity contribution in [3.8, 4) is 0 Å². The Balaban J connectivity index is 0.000000614. The molecule has 0 saturated carbocycles. The van der Waals surface area contributed by atoms with Crippen molar-refractivity contribution < 1.29 is 27.2 Å². The summed E-state index contributed by atoms with van der Waals surface area (Å²) in [6.45, 7) is 10.7. The van der Waals surface area contributed by atoms with Gasteiger partial charge in [-0.25, -0.2) is 0 Å². The molecule has 0 spiro atoms. The molecule has 2 aliphatic rings. The first-order valence-corrected chi connectivity index (χ1v) is 18.9. The summed E-state index contributed by atoms with van der Waals surface area (Å²) >= 11 is 2.52. The number of piperidine rings is 1. The number of fused-ring (bicyclic) bond motifs is 1. The number of hydrogen-bond acceptors (Lipinski definition) is 5. The first-order valence-electron chi connectivity index (χ1n) is 10.6. The van der Waals surface area contributed by atoms with E-state index in [0.29, 0.717) is 25.7 Å². The molecular weight excluding hydrogens is 556 g/mol. The van der Waals surface area contributed by atoms with Gasteiger partial charge in [-0.3, -0.25) is 9.36 Å².